The Hall–Kier alpha value is -0.920. The molecule has 3 nitrogen and oxygen atoms in total. The Kier molecular flexibility index (Phi) is 4.73. The van der Waals surface area contributed by atoms with Crippen molar-refractivity contribution in [1.82, 2.24) is 0 Å². The van der Waals surface area contributed by atoms with E-state index in [1.807, 2.05) is 18.2 Å². The van der Waals surface area contributed by atoms with Crippen molar-refractivity contribution in [2.24, 2.45) is 0 Å². The van der Waals surface area contributed by atoms with Crippen LogP contribution in [0.1, 0.15) is 13.3 Å². The highest BCUT2D eigenvalue weighted by molar-refractivity contribution is 7.67. The highest BCUT2D eigenvalue weighted by Crippen LogP contribution is 2.45. The molecule has 0 aliphatic carbocycles. The van der Waals surface area contributed by atoms with Crippen LogP contribution in [0.25, 0.3) is 0 Å². The summed E-state index contributed by atoms with van der Waals surface area (Å²) in [6.45, 7) is 2.20. The summed E-state index contributed by atoms with van der Waals surface area (Å²) in [4.78, 5) is 10.3. The molecule has 0 spiro atoms. The highest BCUT2D eigenvalue weighted by atomic mass is 31.2. The summed E-state index contributed by atoms with van der Waals surface area (Å²) in [6, 6.07) is 9.06. The standard InChI is InChI=1S/C11H15O3P/c1-2-14-15(13,10-6-9-12)11-7-4-3-5-8-11/h3-5,7-9H,2,6,10H2,1H3/t15-/m0/s1. The molecule has 0 aliphatic heterocycles. The molecule has 1 atom stereocenters. The normalized spacial score (nSPS) is 14.5. The van der Waals surface area contributed by atoms with Gasteiger partial charge in [0.2, 0.25) is 7.37 Å². The van der Waals surface area contributed by atoms with E-state index in [-0.39, 0.29) is 12.6 Å². The fraction of sp³-hybridized carbons (Fsp3) is 0.364. The lowest BCUT2D eigenvalue weighted by Gasteiger charge is -2.16. The predicted molar refractivity (Wildman–Crippen MR) is 60.9 cm³/mol. The number of carbonyl (C=O) groups excluding carboxylic acids is 1. The molecule has 82 valence electrons. The van der Waals surface area contributed by atoms with Gasteiger partial charge in [-0.05, 0) is 19.1 Å². The molecular formula is C11H15O3P. The van der Waals surface area contributed by atoms with Gasteiger partial charge in [-0.3, -0.25) is 4.57 Å². The van der Waals surface area contributed by atoms with Gasteiger partial charge in [0.25, 0.3) is 0 Å². The molecule has 1 rings (SSSR count). The first kappa shape index (κ1) is 12.2. The zero-order valence-electron chi connectivity index (χ0n) is 8.76. The second-order valence-electron chi connectivity index (χ2n) is 3.11. The van der Waals surface area contributed by atoms with Crippen LogP contribution < -0.4 is 5.30 Å². The third-order valence-corrected chi connectivity index (χ3v) is 4.64. The Bertz CT molecular complexity index is 348. The molecule has 0 fully saturated rings. The second-order valence-corrected chi connectivity index (χ2v) is 5.67. The maximum Gasteiger partial charge on any atom is 0.232 e. The lowest BCUT2D eigenvalue weighted by Crippen LogP contribution is -2.10. The molecule has 0 N–H and O–H groups in total. The largest absolute Gasteiger partial charge is 0.326 e. The van der Waals surface area contributed by atoms with E-state index < -0.39 is 7.37 Å². The van der Waals surface area contributed by atoms with E-state index in [4.69, 9.17) is 4.52 Å². The summed E-state index contributed by atoms with van der Waals surface area (Å²) >= 11 is 0. The van der Waals surface area contributed by atoms with Crippen LogP contribution in [0, 0.1) is 0 Å². The maximum atomic E-state index is 12.4. The molecule has 4 heteroatoms. The number of aldehydes is 1. The minimum absolute atomic E-state index is 0.270. The van der Waals surface area contributed by atoms with Gasteiger partial charge >= 0.3 is 0 Å². The Morgan fingerprint density at radius 3 is 2.53 bits per heavy atom. The van der Waals surface area contributed by atoms with Crippen molar-refractivity contribution in [2.45, 2.75) is 13.3 Å². The van der Waals surface area contributed by atoms with Crippen molar-refractivity contribution in [2.75, 3.05) is 12.8 Å². The third kappa shape index (κ3) is 3.29. The molecule has 0 bridgehead atoms. The van der Waals surface area contributed by atoms with Gasteiger partial charge in [-0.1, -0.05) is 18.2 Å². The zero-order chi connectivity index (χ0) is 11.1. The summed E-state index contributed by atoms with van der Waals surface area (Å²) < 4.78 is 17.7. The van der Waals surface area contributed by atoms with Crippen molar-refractivity contribution in [3.8, 4) is 0 Å². The van der Waals surface area contributed by atoms with Crippen LogP contribution in [-0.2, 0) is 13.9 Å². The number of rotatable bonds is 6. The maximum absolute atomic E-state index is 12.4. The highest BCUT2D eigenvalue weighted by Gasteiger charge is 2.24. The van der Waals surface area contributed by atoms with Crippen molar-refractivity contribution in [3.05, 3.63) is 30.3 Å². The monoisotopic (exact) mass is 226 g/mol. The summed E-state index contributed by atoms with van der Waals surface area (Å²) in [5, 5.41) is 0.689. The van der Waals surface area contributed by atoms with Gasteiger partial charge in [-0.15, -0.1) is 0 Å². The number of hydrogen-bond acceptors (Lipinski definition) is 3. The Morgan fingerprint density at radius 1 is 1.33 bits per heavy atom. The van der Waals surface area contributed by atoms with Crippen molar-refractivity contribution in [1.29, 1.82) is 0 Å². The molecule has 0 aromatic heterocycles. The van der Waals surface area contributed by atoms with E-state index in [9.17, 15) is 9.36 Å². The molecule has 0 aliphatic rings. The van der Waals surface area contributed by atoms with Gasteiger partial charge in [0, 0.05) is 17.9 Å². The molecule has 15 heavy (non-hydrogen) atoms. The van der Waals surface area contributed by atoms with E-state index >= 15 is 0 Å². The van der Waals surface area contributed by atoms with Crippen molar-refractivity contribution >= 4 is 19.0 Å². The van der Waals surface area contributed by atoms with Gasteiger partial charge in [-0.25, -0.2) is 0 Å². The fourth-order valence-corrected chi connectivity index (χ4v) is 3.38. The Morgan fingerprint density at radius 2 is 2.00 bits per heavy atom. The van der Waals surface area contributed by atoms with Crippen molar-refractivity contribution < 1.29 is 13.9 Å². The summed E-state index contributed by atoms with van der Waals surface area (Å²) in [7, 11) is -2.82. The van der Waals surface area contributed by atoms with Crippen LogP contribution in [0.15, 0.2) is 30.3 Å². The third-order valence-electron chi connectivity index (χ3n) is 2.03. The zero-order valence-corrected chi connectivity index (χ0v) is 9.65. The smallest absolute Gasteiger partial charge is 0.232 e. The summed E-state index contributed by atoms with van der Waals surface area (Å²) in [6.07, 6.45) is 1.33. The SMILES string of the molecule is CCO[P@@](=O)(CCC=O)c1ccccc1. The van der Waals surface area contributed by atoms with Crippen LogP contribution >= 0.6 is 7.37 Å². The lowest BCUT2D eigenvalue weighted by atomic mass is 10.4. The van der Waals surface area contributed by atoms with E-state index in [2.05, 4.69) is 0 Å². The minimum atomic E-state index is -2.82. The van der Waals surface area contributed by atoms with E-state index in [1.165, 1.54) is 0 Å². The van der Waals surface area contributed by atoms with Crippen LogP contribution in [0.3, 0.4) is 0 Å². The molecule has 0 saturated carbocycles. The van der Waals surface area contributed by atoms with Crippen molar-refractivity contribution in [3.63, 3.8) is 0 Å². The van der Waals surface area contributed by atoms with E-state index in [1.54, 1.807) is 19.1 Å². The molecule has 0 amide bonds. The predicted octanol–water partition coefficient (Wildman–Crippen LogP) is 2.22. The summed E-state index contributed by atoms with van der Waals surface area (Å²) in [5.41, 5.74) is 0. The molecule has 1 aromatic carbocycles. The number of hydrogen-bond donors (Lipinski definition) is 0. The van der Waals surface area contributed by atoms with Crippen LogP contribution in [0.5, 0.6) is 0 Å². The quantitative estimate of drug-likeness (QED) is 0.551. The van der Waals surface area contributed by atoms with Crippen LogP contribution in [-0.4, -0.2) is 19.1 Å². The molecule has 1 aromatic rings. The average Bonchev–Trinajstić information content (AvgIpc) is 2.28. The van der Waals surface area contributed by atoms with Crippen LogP contribution in [0.4, 0.5) is 0 Å². The van der Waals surface area contributed by atoms with Gasteiger partial charge < -0.3 is 9.32 Å². The first-order valence-electron chi connectivity index (χ1n) is 4.96. The number of carbonyl (C=O) groups is 1. The van der Waals surface area contributed by atoms with Gasteiger partial charge in [0.05, 0.1) is 6.61 Å². The Labute approximate surface area is 89.9 Å². The molecule has 0 radical (unpaired) electrons. The molecule has 0 unspecified atom stereocenters. The van der Waals surface area contributed by atoms with E-state index in [0.29, 0.717) is 11.9 Å². The topological polar surface area (TPSA) is 43.4 Å². The van der Waals surface area contributed by atoms with Gasteiger partial charge in [0.1, 0.15) is 6.29 Å². The summed E-state index contributed by atoms with van der Waals surface area (Å²) in [5.74, 6) is 0. The van der Waals surface area contributed by atoms with Crippen LogP contribution in [0.2, 0.25) is 0 Å². The van der Waals surface area contributed by atoms with E-state index in [0.717, 1.165) is 6.29 Å². The minimum Gasteiger partial charge on any atom is -0.326 e. The second kappa shape index (κ2) is 5.84. The fourth-order valence-electron chi connectivity index (χ4n) is 1.35. The molecule has 0 heterocycles. The lowest BCUT2D eigenvalue weighted by molar-refractivity contribution is -0.107. The molecule has 0 saturated heterocycles. The first-order chi connectivity index (χ1) is 7.23. The number of benzene rings is 1. The molecular weight excluding hydrogens is 211 g/mol. The van der Waals surface area contributed by atoms with Gasteiger partial charge in [0.15, 0.2) is 0 Å². The first-order valence-corrected chi connectivity index (χ1v) is 6.77. The van der Waals surface area contributed by atoms with Gasteiger partial charge in [-0.2, -0.15) is 0 Å². The average molecular weight is 226 g/mol. The Balaban J connectivity index is 2.90.